The molecule has 7 nitrogen and oxygen atoms in total. The van der Waals surface area contributed by atoms with Gasteiger partial charge in [-0.25, -0.2) is 8.78 Å². The number of alkyl halides is 2. The largest absolute Gasteiger partial charge is 0.469 e. The van der Waals surface area contributed by atoms with Crippen molar-refractivity contribution in [1.29, 1.82) is 0 Å². The molecular formula is C12H15F2N3O4. The summed E-state index contributed by atoms with van der Waals surface area (Å²) >= 11 is 0. The minimum Gasteiger partial charge on any atom is -0.469 e. The summed E-state index contributed by atoms with van der Waals surface area (Å²) in [5.41, 5.74) is -1.33. The third-order valence-corrected chi connectivity index (χ3v) is 3.79. The lowest BCUT2D eigenvalue weighted by Crippen LogP contribution is -2.25. The van der Waals surface area contributed by atoms with Crippen LogP contribution in [-0.2, 0) is 9.53 Å². The molecule has 0 spiro atoms. The summed E-state index contributed by atoms with van der Waals surface area (Å²) < 4.78 is 31.8. The van der Waals surface area contributed by atoms with E-state index in [9.17, 15) is 23.7 Å². The van der Waals surface area contributed by atoms with Gasteiger partial charge in [0, 0.05) is 0 Å². The number of rotatable bonds is 4. The molecule has 1 fully saturated rings. The molecule has 1 aliphatic rings. The maximum Gasteiger partial charge on any atom is 0.316 e. The van der Waals surface area contributed by atoms with Crippen LogP contribution in [0.25, 0.3) is 0 Å². The Morgan fingerprint density at radius 1 is 1.48 bits per heavy atom. The van der Waals surface area contributed by atoms with Gasteiger partial charge in [-0.15, -0.1) is 0 Å². The number of nitro groups is 1. The van der Waals surface area contributed by atoms with Crippen molar-refractivity contribution in [3.05, 3.63) is 22.0 Å². The Labute approximate surface area is 119 Å². The zero-order valence-electron chi connectivity index (χ0n) is 11.4. The van der Waals surface area contributed by atoms with Gasteiger partial charge in [-0.3, -0.25) is 19.6 Å². The molecule has 1 saturated carbocycles. The molecule has 0 amide bonds. The van der Waals surface area contributed by atoms with Crippen LogP contribution in [-0.4, -0.2) is 27.8 Å². The summed E-state index contributed by atoms with van der Waals surface area (Å²) in [5, 5.41) is 14.5. The summed E-state index contributed by atoms with van der Waals surface area (Å²) in [6.07, 6.45) is -0.211. The van der Waals surface area contributed by atoms with E-state index < -0.39 is 22.7 Å². The van der Waals surface area contributed by atoms with E-state index in [2.05, 4.69) is 9.84 Å². The zero-order valence-corrected chi connectivity index (χ0v) is 11.4. The number of methoxy groups -OCH3 is 1. The Bertz CT molecular complexity index is 539. The number of esters is 1. The van der Waals surface area contributed by atoms with Crippen molar-refractivity contribution in [3.8, 4) is 0 Å². The lowest BCUT2D eigenvalue weighted by molar-refractivity contribution is -0.386. The summed E-state index contributed by atoms with van der Waals surface area (Å²) in [6, 6.07) is -0.358. The maximum absolute atomic E-state index is 13.1. The van der Waals surface area contributed by atoms with Crippen LogP contribution < -0.4 is 0 Å². The molecule has 0 radical (unpaired) electrons. The van der Waals surface area contributed by atoms with E-state index >= 15 is 0 Å². The molecule has 0 aromatic carbocycles. The Morgan fingerprint density at radius 3 is 2.57 bits per heavy atom. The number of halogens is 2. The minimum atomic E-state index is -2.97. The van der Waals surface area contributed by atoms with Gasteiger partial charge in [0.1, 0.15) is 6.20 Å². The topological polar surface area (TPSA) is 87.3 Å². The van der Waals surface area contributed by atoms with Gasteiger partial charge in [0.05, 0.1) is 24.0 Å². The second kappa shape index (κ2) is 6.15. The van der Waals surface area contributed by atoms with Gasteiger partial charge in [-0.2, -0.15) is 5.10 Å². The van der Waals surface area contributed by atoms with Gasteiger partial charge in [0.25, 0.3) is 6.43 Å². The highest BCUT2D eigenvalue weighted by Crippen LogP contribution is 2.37. The Balaban J connectivity index is 2.17. The first-order valence-corrected chi connectivity index (χ1v) is 6.53. The molecule has 0 aliphatic heterocycles. The van der Waals surface area contributed by atoms with Crippen LogP contribution in [0.1, 0.15) is 43.8 Å². The molecule has 116 valence electrons. The number of hydrogen-bond donors (Lipinski definition) is 0. The highest BCUT2D eigenvalue weighted by molar-refractivity contribution is 5.72. The average Bonchev–Trinajstić information content (AvgIpc) is 2.91. The van der Waals surface area contributed by atoms with E-state index in [0.717, 1.165) is 10.9 Å². The lowest BCUT2D eigenvalue weighted by atomic mass is 9.86. The number of ether oxygens (including phenoxy) is 1. The maximum atomic E-state index is 13.1. The lowest BCUT2D eigenvalue weighted by Gasteiger charge is -2.27. The first-order chi connectivity index (χ1) is 9.95. The SMILES string of the molecule is COC(=O)C1CCC(n2ncc([N+](=O)[O-])c2C(F)F)CC1. The molecule has 0 N–H and O–H groups in total. The van der Waals surface area contributed by atoms with Gasteiger partial charge < -0.3 is 4.74 Å². The molecular weight excluding hydrogens is 288 g/mol. The Morgan fingerprint density at radius 2 is 2.10 bits per heavy atom. The van der Waals surface area contributed by atoms with Crippen molar-refractivity contribution in [3.63, 3.8) is 0 Å². The summed E-state index contributed by atoms with van der Waals surface area (Å²) in [4.78, 5) is 21.3. The molecule has 1 aliphatic carbocycles. The van der Waals surface area contributed by atoms with Crippen molar-refractivity contribution >= 4 is 11.7 Å². The molecule has 0 atom stereocenters. The Kier molecular flexibility index (Phi) is 4.49. The van der Waals surface area contributed by atoms with E-state index in [4.69, 9.17) is 0 Å². The third-order valence-electron chi connectivity index (χ3n) is 3.79. The van der Waals surface area contributed by atoms with Gasteiger partial charge in [0.15, 0.2) is 5.69 Å². The van der Waals surface area contributed by atoms with Gasteiger partial charge in [-0.05, 0) is 25.7 Å². The van der Waals surface area contributed by atoms with Gasteiger partial charge in [-0.1, -0.05) is 0 Å². The summed E-state index contributed by atoms with van der Waals surface area (Å²) in [5.74, 6) is -0.555. The first kappa shape index (κ1) is 15.3. The normalized spacial score (nSPS) is 22.3. The molecule has 1 aromatic rings. The second-order valence-electron chi connectivity index (χ2n) is 4.95. The van der Waals surface area contributed by atoms with E-state index in [1.54, 1.807) is 0 Å². The van der Waals surface area contributed by atoms with E-state index in [0.29, 0.717) is 25.7 Å². The highest BCUT2D eigenvalue weighted by atomic mass is 19.3. The number of hydrogen-bond acceptors (Lipinski definition) is 5. The molecule has 1 heterocycles. The molecule has 1 aromatic heterocycles. The van der Waals surface area contributed by atoms with Crippen LogP contribution in [0.4, 0.5) is 14.5 Å². The van der Waals surface area contributed by atoms with Crippen molar-refractivity contribution in [1.82, 2.24) is 9.78 Å². The summed E-state index contributed by atoms with van der Waals surface area (Å²) in [6.45, 7) is 0. The molecule has 0 saturated heterocycles. The van der Waals surface area contributed by atoms with E-state index in [1.165, 1.54) is 7.11 Å². The van der Waals surface area contributed by atoms with Crippen LogP contribution in [0.3, 0.4) is 0 Å². The van der Waals surface area contributed by atoms with Crippen molar-refractivity contribution in [2.45, 2.75) is 38.2 Å². The van der Waals surface area contributed by atoms with Gasteiger partial charge in [0.2, 0.25) is 0 Å². The number of carbonyl (C=O) groups excluding carboxylic acids is 1. The number of carbonyl (C=O) groups is 1. The second-order valence-corrected chi connectivity index (χ2v) is 4.95. The van der Waals surface area contributed by atoms with Crippen molar-refractivity contribution < 1.29 is 23.2 Å². The minimum absolute atomic E-state index is 0.244. The standard InChI is InChI=1S/C12H15F2N3O4/c1-21-12(18)7-2-4-8(5-3-7)16-10(11(13)14)9(6-15-16)17(19)20/h6-8,11H,2-5H2,1H3. The molecule has 0 unspecified atom stereocenters. The molecule has 21 heavy (non-hydrogen) atoms. The smallest absolute Gasteiger partial charge is 0.316 e. The Hall–Kier alpha value is -2.06. The van der Waals surface area contributed by atoms with Crippen LogP contribution in [0, 0.1) is 16.0 Å². The fourth-order valence-electron chi connectivity index (χ4n) is 2.73. The zero-order chi connectivity index (χ0) is 15.6. The van der Waals surface area contributed by atoms with Gasteiger partial charge >= 0.3 is 11.7 Å². The summed E-state index contributed by atoms with van der Waals surface area (Å²) in [7, 11) is 1.31. The van der Waals surface area contributed by atoms with Crippen LogP contribution in [0.2, 0.25) is 0 Å². The van der Waals surface area contributed by atoms with Crippen LogP contribution in [0.5, 0.6) is 0 Å². The van der Waals surface area contributed by atoms with E-state index in [1.807, 2.05) is 0 Å². The van der Waals surface area contributed by atoms with Crippen molar-refractivity contribution in [2.24, 2.45) is 5.92 Å². The van der Waals surface area contributed by atoms with E-state index in [-0.39, 0.29) is 17.9 Å². The fourth-order valence-corrected chi connectivity index (χ4v) is 2.73. The predicted molar refractivity (Wildman–Crippen MR) is 66.8 cm³/mol. The molecule has 9 heteroatoms. The number of nitrogens with zero attached hydrogens (tertiary/aromatic N) is 3. The quantitative estimate of drug-likeness (QED) is 0.485. The number of aromatic nitrogens is 2. The van der Waals surface area contributed by atoms with Crippen LogP contribution >= 0.6 is 0 Å². The fraction of sp³-hybridized carbons (Fsp3) is 0.667. The van der Waals surface area contributed by atoms with Crippen LogP contribution in [0.15, 0.2) is 6.20 Å². The first-order valence-electron chi connectivity index (χ1n) is 6.53. The average molecular weight is 303 g/mol. The monoisotopic (exact) mass is 303 g/mol. The molecule has 0 bridgehead atoms. The highest BCUT2D eigenvalue weighted by Gasteiger charge is 2.34. The third kappa shape index (κ3) is 3.01. The van der Waals surface area contributed by atoms with Crippen molar-refractivity contribution in [2.75, 3.05) is 7.11 Å². The predicted octanol–water partition coefficient (Wildman–Crippen LogP) is 2.63. The molecule has 2 rings (SSSR count).